The Morgan fingerprint density at radius 2 is 2.35 bits per heavy atom. The highest BCUT2D eigenvalue weighted by atomic mass is 16.1. The maximum atomic E-state index is 12.1. The van der Waals surface area contributed by atoms with E-state index in [9.17, 15) is 4.79 Å². The molecule has 2 aromatic heterocycles. The van der Waals surface area contributed by atoms with Crippen molar-refractivity contribution in [1.29, 1.82) is 0 Å². The SMILES string of the molecule is NCCCN1CC=C(c2cn3cc[nH]c3nc2=O)CC1. The number of nitrogens with two attached hydrogens (primary N) is 1. The maximum absolute atomic E-state index is 12.1. The highest BCUT2D eigenvalue weighted by molar-refractivity contribution is 5.65. The number of aromatic nitrogens is 3. The molecule has 1 aliphatic heterocycles. The molecule has 2 aromatic rings. The summed E-state index contributed by atoms with van der Waals surface area (Å²) >= 11 is 0. The van der Waals surface area contributed by atoms with Gasteiger partial charge in [0.05, 0.1) is 5.56 Å². The third-order valence-electron chi connectivity index (χ3n) is 3.72. The Morgan fingerprint density at radius 1 is 1.45 bits per heavy atom. The molecule has 0 saturated carbocycles. The van der Waals surface area contributed by atoms with Gasteiger partial charge < -0.3 is 10.7 Å². The minimum absolute atomic E-state index is 0.158. The zero-order chi connectivity index (χ0) is 13.9. The van der Waals surface area contributed by atoms with E-state index in [1.807, 2.05) is 16.8 Å². The molecule has 0 fully saturated rings. The second kappa shape index (κ2) is 5.60. The van der Waals surface area contributed by atoms with E-state index in [2.05, 4.69) is 20.9 Å². The van der Waals surface area contributed by atoms with Gasteiger partial charge in [-0.05, 0) is 31.5 Å². The molecule has 0 radical (unpaired) electrons. The summed E-state index contributed by atoms with van der Waals surface area (Å²) in [5, 5.41) is 0. The normalized spacial score (nSPS) is 16.6. The van der Waals surface area contributed by atoms with E-state index in [0.717, 1.165) is 44.6 Å². The molecule has 0 aliphatic carbocycles. The van der Waals surface area contributed by atoms with Gasteiger partial charge in [-0.25, -0.2) is 0 Å². The molecular formula is C14H19N5O. The Balaban J connectivity index is 1.83. The summed E-state index contributed by atoms with van der Waals surface area (Å²) in [6, 6.07) is 0. The van der Waals surface area contributed by atoms with Gasteiger partial charge in [-0.3, -0.25) is 14.1 Å². The molecule has 3 rings (SSSR count). The first-order valence-corrected chi connectivity index (χ1v) is 6.96. The summed E-state index contributed by atoms with van der Waals surface area (Å²) in [6.45, 7) is 3.60. The van der Waals surface area contributed by atoms with Crippen LogP contribution in [0, 0.1) is 0 Å². The molecule has 6 heteroatoms. The van der Waals surface area contributed by atoms with Crippen LogP contribution in [0.15, 0.2) is 29.5 Å². The van der Waals surface area contributed by atoms with Crippen molar-refractivity contribution in [2.24, 2.45) is 5.73 Å². The van der Waals surface area contributed by atoms with E-state index >= 15 is 0 Å². The fourth-order valence-corrected chi connectivity index (χ4v) is 2.58. The average Bonchev–Trinajstić information content (AvgIpc) is 2.92. The van der Waals surface area contributed by atoms with Crippen LogP contribution in [0.25, 0.3) is 11.4 Å². The lowest BCUT2D eigenvalue weighted by Gasteiger charge is -2.25. The summed E-state index contributed by atoms with van der Waals surface area (Å²) in [4.78, 5) is 21.4. The van der Waals surface area contributed by atoms with E-state index in [1.165, 1.54) is 0 Å². The Hall–Kier alpha value is -1.92. The number of hydrogen-bond acceptors (Lipinski definition) is 4. The highest BCUT2D eigenvalue weighted by Crippen LogP contribution is 2.19. The van der Waals surface area contributed by atoms with Crippen molar-refractivity contribution in [3.63, 3.8) is 0 Å². The summed E-state index contributed by atoms with van der Waals surface area (Å²) in [6.07, 6.45) is 9.54. The number of nitrogens with zero attached hydrogens (tertiary/aromatic N) is 3. The van der Waals surface area contributed by atoms with Crippen molar-refractivity contribution >= 4 is 11.4 Å². The maximum Gasteiger partial charge on any atom is 0.281 e. The van der Waals surface area contributed by atoms with Gasteiger partial charge >= 0.3 is 0 Å². The molecule has 3 heterocycles. The monoisotopic (exact) mass is 273 g/mol. The molecule has 0 aromatic carbocycles. The number of aromatic amines is 1. The van der Waals surface area contributed by atoms with Crippen molar-refractivity contribution in [3.05, 3.63) is 40.6 Å². The van der Waals surface area contributed by atoms with Crippen LogP contribution in [0.1, 0.15) is 18.4 Å². The molecule has 0 amide bonds. The van der Waals surface area contributed by atoms with Crippen molar-refractivity contribution < 1.29 is 0 Å². The molecular weight excluding hydrogens is 254 g/mol. The molecule has 0 unspecified atom stereocenters. The van der Waals surface area contributed by atoms with Crippen molar-refractivity contribution in [3.8, 4) is 0 Å². The van der Waals surface area contributed by atoms with Crippen LogP contribution < -0.4 is 11.3 Å². The van der Waals surface area contributed by atoms with Crippen LogP contribution in [0.4, 0.5) is 0 Å². The number of fused-ring (bicyclic) bond motifs is 1. The van der Waals surface area contributed by atoms with Crippen LogP contribution in [0.2, 0.25) is 0 Å². The van der Waals surface area contributed by atoms with E-state index in [-0.39, 0.29) is 5.56 Å². The summed E-state index contributed by atoms with van der Waals surface area (Å²) in [7, 11) is 0. The van der Waals surface area contributed by atoms with E-state index in [4.69, 9.17) is 5.73 Å². The molecule has 6 nitrogen and oxygen atoms in total. The summed E-state index contributed by atoms with van der Waals surface area (Å²) in [5.41, 5.74) is 7.18. The quantitative estimate of drug-likeness (QED) is 0.848. The second-order valence-corrected chi connectivity index (χ2v) is 5.07. The summed E-state index contributed by atoms with van der Waals surface area (Å²) in [5.74, 6) is 0.583. The van der Waals surface area contributed by atoms with Gasteiger partial charge in [-0.2, -0.15) is 4.98 Å². The lowest BCUT2D eigenvalue weighted by molar-refractivity contribution is 0.299. The van der Waals surface area contributed by atoms with E-state index in [1.54, 1.807) is 6.20 Å². The largest absolute Gasteiger partial charge is 0.330 e. The fourth-order valence-electron chi connectivity index (χ4n) is 2.58. The van der Waals surface area contributed by atoms with Crippen LogP contribution in [-0.4, -0.2) is 45.4 Å². The van der Waals surface area contributed by atoms with Gasteiger partial charge in [0.2, 0.25) is 5.78 Å². The zero-order valence-electron chi connectivity index (χ0n) is 11.4. The third kappa shape index (κ3) is 2.52. The predicted molar refractivity (Wildman–Crippen MR) is 78.5 cm³/mol. The second-order valence-electron chi connectivity index (χ2n) is 5.07. The van der Waals surface area contributed by atoms with Gasteiger partial charge in [0.25, 0.3) is 5.56 Å². The topological polar surface area (TPSA) is 79.4 Å². The summed E-state index contributed by atoms with van der Waals surface area (Å²) < 4.78 is 1.85. The molecule has 3 N–H and O–H groups in total. The lowest BCUT2D eigenvalue weighted by atomic mass is 10.0. The standard InChI is InChI=1S/C14H19N5O/c15-4-1-6-18-7-2-11(3-8-18)12-10-19-9-5-16-14(19)17-13(12)20/h2,5,9-10H,1,3-4,6-8,15H2,(H,16,17,20). The Kier molecular flexibility index (Phi) is 3.66. The van der Waals surface area contributed by atoms with Crippen LogP contribution in [-0.2, 0) is 0 Å². The number of H-pyrrole nitrogens is 1. The Morgan fingerprint density at radius 3 is 3.10 bits per heavy atom. The molecule has 0 spiro atoms. The third-order valence-corrected chi connectivity index (χ3v) is 3.72. The molecule has 20 heavy (non-hydrogen) atoms. The number of imidazole rings is 1. The molecule has 1 aliphatic rings. The predicted octanol–water partition coefficient (Wildman–Crippen LogP) is 0.460. The molecule has 0 saturated heterocycles. The van der Waals surface area contributed by atoms with Crippen LogP contribution in [0.3, 0.4) is 0 Å². The van der Waals surface area contributed by atoms with Crippen LogP contribution >= 0.6 is 0 Å². The van der Waals surface area contributed by atoms with E-state index in [0.29, 0.717) is 11.3 Å². The lowest BCUT2D eigenvalue weighted by Crippen LogP contribution is -2.31. The van der Waals surface area contributed by atoms with Gasteiger partial charge in [0, 0.05) is 31.7 Å². The zero-order valence-corrected chi connectivity index (χ0v) is 11.4. The van der Waals surface area contributed by atoms with Gasteiger partial charge in [0.15, 0.2) is 0 Å². The first kappa shape index (κ1) is 13.1. The van der Waals surface area contributed by atoms with Gasteiger partial charge in [0.1, 0.15) is 0 Å². The minimum atomic E-state index is -0.158. The average molecular weight is 273 g/mol. The fraction of sp³-hybridized carbons (Fsp3) is 0.429. The first-order chi connectivity index (χ1) is 9.78. The Bertz CT molecular complexity index is 684. The number of rotatable bonds is 4. The minimum Gasteiger partial charge on any atom is -0.330 e. The van der Waals surface area contributed by atoms with Gasteiger partial charge in [-0.15, -0.1) is 0 Å². The van der Waals surface area contributed by atoms with E-state index < -0.39 is 0 Å². The van der Waals surface area contributed by atoms with Gasteiger partial charge in [-0.1, -0.05) is 6.08 Å². The molecule has 106 valence electrons. The van der Waals surface area contributed by atoms with Crippen LogP contribution in [0.5, 0.6) is 0 Å². The van der Waals surface area contributed by atoms with Crippen molar-refractivity contribution in [2.75, 3.05) is 26.2 Å². The first-order valence-electron chi connectivity index (χ1n) is 6.96. The molecule has 0 bridgehead atoms. The number of nitrogens with one attached hydrogen (secondary N) is 1. The van der Waals surface area contributed by atoms with Crippen molar-refractivity contribution in [2.45, 2.75) is 12.8 Å². The highest BCUT2D eigenvalue weighted by Gasteiger charge is 2.15. The molecule has 0 atom stereocenters. The smallest absolute Gasteiger partial charge is 0.281 e. The van der Waals surface area contributed by atoms with Crippen molar-refractivity contribution in [1.82, 2.24) is 19.3 Å². The number of hydrogen-bond donors (Lipinski definition) is 2. The Labute approximate surface area is 116 Å².